The number of piperidine rings is 1. The Morgan fingerprint density at radius 2 is 1.62 bits per heavy atom. The van der Waals surface area contributed by atoms with E-state index in [1.807, 2.05) is 65.6 Å². The predicted octanol–water partition coefficient (Wildman–Crippen LogP) is 4.25. The Kier molecular flexibility index (Phi) is 5.32. The summed E-state index contributed by atoms with van der Waals surface area (Å²) in [5.41, 5.74) is 2.71. The Morgan fingerprint density at radius 3 is 2.25 bits per heavy atom. The quantitative estimate of drug-likeness (QED) is 0.622. The second-order valence-corrected chi connectivity index (χ2v) is 6.05. The Hall–Kier alpha value is -2.55. The van der Waals surface area contributed by atoms with Gasteiger partial charge in [-0.2, -0.15) is 0 Å². The van der Waals surface area contributed by atoms with Gasteiger partial charge in [-0.25, -0.2) is 0 Å². The second kappa shape index (κ2) is 7.82. The van der Waals surface area contributed by atoms with Crippen molar-refractivity contribution in [1.82, 2.24) is 4.90 Å². The molecule has 1 saturated heterocycles. The standard InChI is InChI=1S/C21H23NO2/c1-24-19-12-10-17(11-13-19)16-20(18-8-4-2-5-9-18)21(23)22-14-6-3-7-15-22/h2,4-5,8-13,16H,3,6-7,14-15H2,1H3/b20-16+. The maximum atomic E-state index is 13.1. The molecule has 1 fully saturated rings. The fourth-order valence-corrected chi connectivity index (χ4v) is 3.02. The fourth-order valence-electron chi connectivity index (χ4n) is 3.02. The van der Waals surface area contributed by atoms with Crippen LogP contribution in [0.5, 0.6) is 5.75 Å². The number of ether oxygens (including phenoxy) is 1. The Balaban J connectivity index is 1.94. The molecule has 0 saturated carbocycles. The van der Waals surface area contributed by atoms with Crippen LogP contribution < -0.4 is 4.74 Å². The van der Waals surface area contributed by atoms with Gasteiger partial charge in [0.05, 0.1) is 7.11 Å². The third-order valence-corrected chi connectivity index (χ3v) is 4.39. The number of carbonyl (C=O) groups is 1. The number of carbonyl (C=O) groups excluding carboxylic acids is 1. The van der Waals surface area contributed by atoms with Crippen molar-refractivity contribution >= 4 is 17.6 Å². The molecule has 3 rings (SSSR count). The van der Waals surface area contributed by atoms with E-state index >= 15 is 0 Å². The topological polar surface area (TPSA) is 29.5 Å². The number of amides is 1. The normalized spacial score (nSPS) is 15.2. The summed E-state index contributed by atoms with van der Waals surface area (Å²) in [5, 5.41) is 0. The molecule has 1 amide bonds. The summed E-state index contributed by atoms with van der Waals surface area (Å²) in [5.74, 6) is 0.937. The van der Waals surface area contributed by atoms with E-state index in [1.54, 1.807) is 7.11 Å². The van der Waals surface area contributed by atoms with E-state index in [9.17, 15) is 4.79 Å². The summed E-state index contributed by atoms with van der Waals surface area (Å²) in [6.45, 7) is 1.71. The van der Waals surface area contributed by atoms with Crippen molar-refractivity contribution in [3.8, 4) is 5.75 Å². The van der Waals surface area contributed by atoms with E-state index in [-0.39, 0.29) is 5.91 Å². The highest BCUT2D eigenvalue weighted by Gasteiger charge is 2.21. The van der Waals surface area contributed by atoms with Crippen LogP contribution in [0.15, 0.2) is 54.6 Å². The molecular weight excluding hydrogens is 298 g/mol. The van der Waals surface area contributed by atoms with Crippen LogP contribution in [0, 0.1) is 0 Å². The minimum absolute atomic E-state index is 0.122. The van der Waals surface area contributed by atoms with Crippen LogP contribution in [-0.4, -0.2) is 31.0 Å². The van der Waals surface area contributed by atoms with E-state index in [4.69, 9.17) is 4.74 Å². The van der Waals surface area contributed by atoms with E-state index in [0.717, 1.165) is 48.4 Å². The number of rotatable bonds is 4. The average Bonchev–Trinajstić information content (AvgIpc) is 2.67. The molecule has 0 bridgehead atoms. The van der Waals surface area contributed by atoms with E-state index in [2.05, 4.69) is 0 Å². The first-order valence-electron chi connectivity index (χ1n) is 8.48. The molecule has 0 aromatic heterocycles. The van der Waals surface area contributed by atoms with Gasteiger partial charge in [0.15, 0.2) is 0 Å². The van der Waals surface area contributed by atoms with Crippen LogP contribution in [0.3, 0.4) is 0 Å². The largest absolute Gasteiger partial charge is 0.497 e. The number of likely N-dealkylation sites (tertiary alicyclic amines) is 1. The third kappa shape index (κ3) is 3.85. The first kappa shape index (κ1) is 16.3. The van der Waals surface area contributed by atoms with Crippen LogP contribution in [0.25, 0.3) is 11.6 Å². The highest BCUT2D eigenvalue weighted by molar-refractivity contribution is 6.24. The van der Waals surface area contributed by atoms with E-state index in [0.29, 0.717) is 0 Å². The van der Waals surface area contributed by atoms with Crippen molar-refractivity contribution in [3.05, 3.63) is 65.7 Å². The van der Waals surface area contributed by atoms with Gasteiger partial charge in [-0.15, -0.1) is 0 Å². The van der Waals surface area contributed by atoms with Gasteiger partial charge >= 0.3 is 0 Å². The SMILES string of the molecule is COc1ccc(/C=C(/C(=O)N2CCCCC2)c2ccccc2)cc1. The molecule has 2 aromatic carbocycles. The number of hydrogen-bond donors (Lipinski definition) is 0. The monoisotopic (exact) mass is 321 g/mol. The first-order valence-corrected chi connectivity index (χ1v) is 8.48. The molecule has 0 atom stereocenters. The lowest BCUT2D eigenvalue weighted by atomic mass is 10.00. The molecule has 24 heavy (non-hydrogen) atoms. The van der Waals surface area contributed by atoms with Gasteiger partial charge in [0.1, 0.15) is 5.75 Å². The lowest BCUT2D eigenvalue weighted by Gasteiger charge is -2.28. The zero-order chi connectivity index (χ0) is 16.8. The summed E-state index contributed by atoms with van der Waals surface area (Å²) >= 11 is 0. The van der Waals surface area contributed by atoms with Crippen molar-refractivity contribution in [2.75, 3.05) is 20.2 Å². The van der Waals surface area contributed by atoms with Gasteiger partial charge < -0.3 is 9.64 Å². The van der Waals surface area contributed by atoms with Crippen molar-refractivity contribution in [3.63, 3.8) is 0 Å². The van der Waals surface area contributed by atoms with Gasteiger partial charge in [-0.3, -0.25) is 4.79 Å². The van der Waals surface area contributed by atoms with Crippen LogP contribution in [-0.2, 0) is 4.79 Å². The molecule has 3 heteroatoms. The van der Waals surface area contributed by atoms with Crippen molar-refractivity contribution < 1.29 is 9.53 Å². The van der Waals surface area contributed by atoms with Crippen LogP contribution in [0.4, 0.5) is 0 Å². The minimum atomic E-state index is 0.122. The third-order valence-electron chi connectivity index (χ3n) is 4.39. The zero-order valence-corrected chi connectivity index (χ0v) is 14.1. The molecule has 1 aliphatic rings. The fraction of sp³-hybridized carbons (Fsp3) is 0.286. The van der Waals surface area contributed by atoms with Crippen LogP contribution in [0.1, 0.15) is 30.4 Å². The summed E-state index contributed by atoms with van der Waals surface area (Å²) in [7, 11) is 1.65. The van der Waals surface area contributed by atoms with Gasteiger partial charge in [0.2, 0.25) is 0 Å². The lowest BCUT2D eigenvalue weighted by molar-refractivity contribution is -0.125. The Labute approximate surface area is 143 Å². The number of benzene rings is 2. The molecule has 0 N–H and O–H groups in total. The van der Waals surface area contributed by atoms with Crippen molar-refractivity contribution in [2.24, 2.45) is 0 Å². The predicted molar refractivity (Wildman–Crippen MR) is 97.7 cm³/mol. The lowest BCUT2D eigenvalue weighted by Crippen LogP contribution is -2.36. The highest BCUT2D eigenvalue weighted by Crippen LogP contribution is 2.24. The summed E-state index contributed by atoms with van der Waals surface area (Å²) in [6.07, 6.45) is 5.38. The molecule has 0 unspecified atom stereocenters. The molecular formula is C21H23NO2. The summed E-state index contributed by atoms with van der Waals surface area (Å²) < 4.78 is 5.21. The maximum absolute atomic E-state index is 13.1. The van der Waals surface area contributed by atoms with Crippen LogP contribution >= 0.6 is 0 Å². The van der Waals surface area contributed by atoms with Gasteiger partial charge in [-0.05, 0) is 48.6 Å². The molecule has 124 valence electrons. The van der Waals surface area contributed by atoms with Crippen molar-refractivity contribution in [1.29, 1.82) is 0 Å². The van der Waals surface area contributed by atoms with Gasteiger partial charge in [0, 0.05) is 18.7 Å². The number of hydrogen-bond acceptors (Lipinski definition) is 2. The van der Waals surface area contributed by atoms with Gasteiger partial charge in [-0.1, -0.05) is 42.5 Å². The molecule has 1 aliphatic heterocycles. The van der Waals surface area contributed by atoms with Crippen molar-refractivity contribution in [2.45, 2.75) is 19.3 Å². The van der Waals surface area contributed by atoms with Gasteiger partial charge in [0.25, 0.3) is 5.91 Å². The highest BCUT2D eigenvalue weighted by atomic mass is 16.5. The second-order valence-electron chi connectivity index (χ2n) is 6.05. The van der Waals surface area contributed by atoms with Crippen LogP contribution in [0.2, 0.25) is 0 Å². The molecule has 2 aromatic rings. The molecule has 0 aliphatic carbocycles. The zero-order valence-electron chi connectivity index (χ0n) is 14.1. The maximum Gasteiger partial charge on any atom is 0.254 e. The van der Waals surface area contributed by atoms with E-state index < -0.39 is 0 Å². The smallest absolute Gasteiger partial charge is 0.254 e. The average molecular weight is 321 g/mol. The molecule has 1 heterocycles. The van der Waals surface area contributed by atoms with E-state index in [1.165, 1.54) is 6.42 Å². The first-order chi connectivity index (χ1) is 11.8. The molecule has 0 spiro atoms. The Morgan fingerprint density at radius 1 is 0.958 bits per heavy atom. The summed E-state index contributed by atoms with van der Waals surface area (Å²) in [6, 6.07) is 17.7. The minimum Gasteiger partial charge on any atom is -0.497 e. The number of nitrogens with zero attached hydrogens (tertiary/aromatic N) is 1. The Bertz CT molecular complexity index is 698. The number of methoxy groups -OCH3 is 1. The molecule has 3 nitrogen and oxygen atoms in total. The molecule has 0 radical (unpaired) electrons. The summed E-state index contributed by atoms with van der Waals surface area (Å²) in [4.78, 5) is 15.0.